The van der Waals surface area contributed by atoms with Crippen LogP contribution in [-0.4, -0.2) is 34.5 Å². The number of sulfonamides is 1. The number of imidazole rings is 2. The number of nitrogens with one attached hydrogen (secondary N) is 2. The van der Waals surface area contributed by atoms with Gasteiger partial charge in [0.05, 0.1) is 6.33 Å². The summed E-state index contributed by atoms with van der Waals surface area (Å²) >= 11 is 0. The highest BCUT2D eigenvalue weighted by atomic mass is 32.2. The van der Waals surface area contributed by atoms with Crippen molar-refractivity contribution < 1.29 is 8.42 Å². The lowest BCUT2D eigenvalue weighted by Crippen LogP contribution is -2.26. The molecule has 0 aromatic carbocycles. The quantitative estimate of drug-likeness (QED) is 0.805. The first kappa shape index (κ1) is 13.8. The second-order valence-corrected chi connectivity index (χ2v) is 5.85. The Morgan fingerprint density at radius 3 is 2.84 bits per heavy atom. The minimum Gasteiger partial charge on any atom is -0.348 e. The van der Waals surface area contributed by atoms with E-state index in [1.54, 1.807) is 30.2 Å². The van der Waals surface area contributed by atoms with Gasteiger partial charge in [0.15, 0.2) is 5.03 Å². The molecule has 0 fully saturated rings. The number of aromatic nitrogens is 4. The predicted molar refractivity (Wildman–Crippen MR) is 70.1 cm³/mol. The van der Waals surface area contributed by atoms with Crippen molar-refractivity contribution in [3.8, 4) is 0 Å². The lowest BCUT2D eigenvalue weighted by Gasteiger charge is -2.02. The Balaban J connectivity index is 2.01. The summed E-state index contributed by atoms with van der Waals surface area (Å²) in [6, 6.07) is 0. The zero-order valence-corrected chi connectivity index (χ0v) is 11.7. The molecule has 0 aliphatic heterocycles. The number of hydrogen-bond donors (Lipinski definition) is 2. The van der Waals surface area contributed by atoms with Crippen LogP contribution in [0.25, 0.3) is 0 Å². The van der Waals surface area contributed by atoms with Crippen LogP contribution in [0.3, 0.4) is 0 Å². The molecule has 7 nitrogen and oxygen atoms in total. The molecule has 2 N–H and O–H groups in total. The van der Waals surface area contributed by atoms with Crippen LogP contribution in [0.15, 0.2) is 23.7 Å². The first-order chi connectivity index (χ1) is 9.03. The Bertz CT molecular complexity index is 630. The van der Waals surface area contributed by atoms with E-state index in [1.165, 1.54) is 0 Å². The van der Waals surface area contributed by atoms with Gasteiger partial charge in [-0.3, -0.25) is 0 Å². The first-order valence-electron chi connectivity index (χ1n) is 6.03. The summed E-state index contributed by atoms with van der Waals surface area (Å²) in [7, 11) is -3.54. The Labute approximate surface area is 112 Å². The van der Waals surface area contributed by atoms with Crippen LogP contribution in [0.2, 0.25) is 0 Å². The van der Waals surface area contributed by atoms with E-state index in [9.17, 15) is 8.42 Å². The Hall–Kier alpha value is -1.67. The van der Waals surface area contributed by atoms with E-state index in [0.717, 1.165) is 5.69 Å². The fraction of sp³-hybridized carbons (Fsp3) is 0.455. The molecule has 0 aliphatic rings. The summed E-state index contributed by atoms with van der Waals surface area (Å²) in [6.45, 7) is 4.73. The van der Waals surface area contributed by atoms with Crippen molar-refractivity contribution >= 4 is 10.0 Å². The van der Waals surface area contributed by atoms with E-state index in [2.05, 4.69) is 19.7 Å². The summed E-state index contributed by atoms with van der Waals surface area (Å²) in [4.78, 5) is 10.9. The average Bonchev–Trinajstić information content (AvgIpc) is 2.98. The van der Waals surface area contributed by atoms with Crippen molar-refractivity contribution in [1.29, 1.82) is 0 Å². The highest BCUT2D eigenvalue weighted by Crippen LogP contribution is 2.08. The van der Waals surface area contributed by atoms with Gasteiger partial charge in [-0.2, -0.15) is 0 Å². The fourth-order valence-corrected chi connectivity index (χ4v) is 2.78. The number of H-pyrrole nitrogens is 1. The van der Waals surface area contributed by atoms with Crippen molar-refractivity contribution in [2.75, 3.05) is 6.54 Å². The molecule has 0 bridgehead atoms. The predicted octanol–water partition coefficient (Wildman–Crippen LogP) is 0.456. The molecule has 0 saturated carbocycles. The number of hydrogen-bond acceptors (Lipinski definition) is 4. The minimum absolute atomic E-state index is 0.0662. The summed E-state index contributed by atoms with van der Waals surface area (Å²) < 4.78 is 28.4. The molecule has 2 heterocycles. The second kappa shape index (κ2) is 5.54. The largest absolute Gasteiger partial charge is 0.348 e. The Kier molecular flexibility index (Phi) is 4.01. The van der Waals surface area contributed by atoms with Gasteiger partial charge in [0.2, 0.25) is 0 Å². The molecule has 0 amide bonds. The smallest absolute Gasteiger partial charge is 0.259 e. The van der Waals surface area contributed by atoms with Gasteiger partial charge in [-0.05, 0) is 13.8 Å². The molecule has 0 unspecified atom stereocenters. The molecule has 19 heavy (non-hydrogen) atoms. The topological polar surface area (TPSA) is 92.7 Å². The molecule has 0 saturated heterocycles. The molecule has 2 rings (SSSR count). The normalized spacial score (nSPS) is 11.9. The molecule has 104 valence electrons. The SMILES string of the molecule is CCn1cc(S(=O)(=O)NCCc2cnc[nH]2)nc1C. The van der Waals surface area contributed by atoms with Crippen LogP contribution in [-0.2, 0) is 23.0 Å². The molecule has 2 aromatic rings. The van der Waals surface area contributed by atoms with Crippen molar-refractivity contribution in [2.24, 2.45) is 0 Å². The molecule has 0 spiro atoms. The maximum Gasteiger partial charge on any atom is 0.259 e. The van der Waals surface area contributed by atoms with Gasteiger partial charge in [0, 0.05) is 37.6 Å². The van der Waals surface area contributed by atoms with Crippen LogP contribution < -0.4 is 4.72 Å². The van der Waals surface area contributed by atoms with Gasteiger partial charge in [-0.1, -0.05) is 0 Å². The van der Waals surface area contributed by atoms with Crippen molar-refractivity contribution in [2.45, 2.75) is 31.8 Å². The lowest BCUT2D eigenvalue weighted by molar-refractivity contribution is 0.578. The van der Waals surface area contributed by atoms with E-state index in [0.29, 0.717) is 25.3 Å². The van der Waals surface area contributed by atoms with Crippen molar-refractivity contribution in [1.82, 2.24) is 24.2 Å². The van der Waals surface area contributed by atoms with Gasteiger partial charge < -0.3 is 9.55 Å². The zero-order chi connectivity index (χ0) is 13.9. The summed E-state index contributed by atoms with van der Waals surface area (Å²) in [5.41, 5.74) is 0.887. The van der Waals surface area contributed by atoms with Crippen molar-refractivity contribution in [3.05, 3.63) is 30.2 Å². The lowest BCUT2D eigenvalue weighted by atomic mass is 10.3. The van der Waals surface area contributed by atoms with Gasteiger partial charge in [-0.15, -0.1) is 0 Å². The standard InChI is InChI=1S/C11H17N5O2S/c1-3-16-7-11(15-9(16)2)19(17,18)14-5-4-10-6-12-8-13-10/h6-8,14H,3-5H2,1-2H3,(H,12,13). The molecule has 8 heteroatoms. The van der Waals surface area contributed by atoms with Crippen LogP contribution in [0.5, 0.6) is 0 Å². The highest BCUT2D eigenvalue weighted by molar-refractivity contribution is 7.89. The number of nitrogens with zero attached hydrogens (tertiary/aromatic N) is 3. The Morgan fingerprint density at radius 2 is 2.26 bits per heavy atom. The first-order valence-corrected chi connectivity index (χ1v) is 7.52. The van der Waals surface area contributed by atoms with E-state index in [-0.39, 0.29) is 5.03 Å². The molecular formula is C11H17N5O2S. The third kappa shape index (κ3) is 3.21. The third-order valence-corrected chi connectivity index (χ3v) is 4.14. The van der Waals surface area contributed by atoms with Crippen LogP contribution in [0.1, 0.15) is 18.4 Å². The second-order valence-electron chi connectivity index (χ2n) is 4.14. The molecule has 0 radical (unpaired) electrons. The third-order valence-electron chi connectivity index (χ3n) is 2.81. The summed E-state index contributed by atoms with van der Waals surface area (Å²) in [6.07, 6.45) is 5.35. The number of aryl methyl sites for hydroxylation is 2. The van der Waals surface area contributed by atoms with Gasteiger partial charge >= 0.3 is 0 Å². The van der Waals surface area contributed by atoms with Gasteiger partial charge in [-0.25, -0.2) is 23.1 Å². The van der Waals surface area contributed by atoms with E-state index in [1.807, 2.05) is 6.92 Å². The zero-order valence-electron chi connectivity index (χ0n) is 10.9. The summed E-state index contributed by atoms with van der Waals surface area (Å²) in [5, 5.41) is 0.0662. The van der Waals surface area contributed by atoms with Crippen LogP contribution in [0.4, 0.5) is 0 Å². The number of aromatic amines is 1. The molecule has 0 atom stereocenters. The van der Waals surface area contributed by atoms with Crippen molar-refractivity contribution in [3.63, 3.8) is 0 Å². The van der Waals surface area contributed by atoms with Gasteiger partial charge in [0.25, 0.3) is 10.0 Å². The molecule has 2 aromatic heterocycles. The van der Waals surface area contributed by atoms with E-state index in [4.69, 9.17) is 0 Å². The van der Waals surface area contributed by atoms with Gasteiger partial charge in [0.1, 0.15) is 5.82 Å². The molecule has 0 aliphatic carbocycles. The summed E-state index contributed by atoms with van der Waals surface area (Å²) in [5.74, 6) is 0.691. The minimum atomic E-state index is -3.54. The highest BCUT2D eigenvalue weighted by Gasteiger charge is 2.18. The fourth-order valence-electron chi connectivity index (χ4n) is 1.74. The van der Waals surface area contributed by atoms with Crippen LogP contribution in [0, 0.1) is 6.92 Å². The Morgan fingerprint density at radius 1 is 1.47 bits per heavy atom. The van der Waals surface area contributed by atoms with E-state index < -0.39 is 10.0 Å². The number of rotatable bonds is 6. The molecular weight excluding hydrogens is 266 g/mol. The maximum atomic E-state index is 12.0. The maximum absolute atomic E-state index is 12.0. The van der Waals surface area contributed by atoms with Crippen LogP contribution >= 0.6 is 0 Å². The monoisotopic (exact) mass is 283 g/mol. The average molecular weight is 283 g/mol. The van der Waals surface area contributed by atoms with E-state index >= 15 is 0 Å².